The Morgan fingerprint density at radius 1 is 1.33 bits per heavy atom. The summed E-state index contributed by atoms with van der Waals surface area (Å²) in [6, 6.07) is 11.8. The average Bonchev–Trinajstić information content (AvgIpc) is 3.01. The summed E-state index contributed by atoms with van der Waals surface area (Å²) in [5.41, 5.74) is 1.13. The van der Waals surface area contributed by atoms with E-state index in [9.17, 15) is 4.79 Å². The van der Waals surface area contributed by atoms with E-state index >= 15 is 0 Å². The monoisotopic (exact) mass is 323 g/mol. The normalized spacial score (nSPS) is 13.7. The Morgan fingerprint density at radius 3 is 2.62 bits per heavy atom. The minimum absolute atomic E-state index is 0.0527. The Hall–Kier alpha value is -1.36. The second-order valence-electron chi connectivity index (χ2n) is 4.79. The number of hydrogen-bond donors (Lipinski definition) is 1. The summed E-state index contributed by atoms with van der Waals surface area (Å²) in [6.07, 6.45) is 0.314. The van der Waals surface area contributed by atoms with Crippen LogP contribution in [-0.2, 0) is 9.53 Å². The van der Waals surface area contributed by atoms with Crippen LogP contribution in [0, 0.1) is 0 Å². The molecule has 1 N–H and O–H groups in total. The molecule has 0 saturated heterocycles. The number of benzene rings is 1. The van der Waals surface area contributed by atoms with Gasteiger partial charge in [0, 0.05) is 15.9 Å². The van der Waals surface area contributed by atoms with Crippen molar-refractivity contribution in [3.05, 3.63) is 57.2 Å². The fourth-order valence-electron chi connectivity index (χ4n) is 2.13. The van der Waals surface area contributed by atoms with E-state index in [1.807, 2.05) is 41.8 Å². The molecular weight excluding hydrogens is 306 g/mol. The summed E-state index contributed by atoms with van der Waals surface area (Å²) in [7, 11) is 1.41. The van der Waals surface area contributed by atoms with E-state index in [0.717, 1.165) is 15.5 Å². The number of methoxy groups -OCH3 is 1. The van der Waals surface area contributed by atoms with Crippen molar-refractivity contribution >= 4 is 28.9 Å². The molecule has 0 bridgehead atoms. The van der Waals surface area contributed by atoms with Crippen LogP contribution in [0.5, 0.6) is 0 Å². The first kappa shape index (κ1) is 16.0. The Morgan fingerprint density at radius 2 is 2.05 bits per heavy atom. The molecule has 0 aliphatic carbocycles. The van der Waals surface area contributed by atoms with Crippen LogP contribution in [0.1, 0.15) is 35.9 Å². The van der Waals surface area contributed by atoms with Crippen LogP contribution >= 0.6 is 22.9 Å². The van der Waals surface area contributed by atoms with E-state index in [4.69, 9.17) is 16.3 Å². The van der Waals surface area contributed by atoms with Gasteiger partial charge >= 0.3 is 5.97 Å². The lowest BCUT2D eigenvalue weighted by molar-refractivity contribution is -0.141. The molecule has 2 aromatic rings. The highest BCUT2D eigenvalue weighted by Crippen LogP contribution is 2.26. The number of halogens is 1. The number of carbonyl (C=O) groups is 1. The Bertz CT molecular complexity index is 568. The van der Waals surface area contributed by atoms with Crippen molar-refractivity contribution in [1.29, 1.82) is 0 Å². The van der Waals surface area contributed by atoms with Gasteiger partial charge in [0.05, 0.1) is 19.6 Å². The molecular formula is C16H18ClNO2S. The van der Waals surface area contributed by atoms with E-state index in [1.54, 1.807) is 11.3 Å². The maximum Gasteiger partial charge on any atom is 0.307 e. The molecule has 2 rings (SSSR count). The number of esters is 1. The van der Waals surface area contributed by atoms with Gasteiger partial charge in [0.1, 0.15) is 0 Å². The second kappa shape index (κ2) is 7.59. The van der Waals surface area contributed by atoms with E-state index in [-0.39, 0.29) is 18.1 Å². The lowest BCUT2D eigenvalue weighted by atomic mass is 10.1. The van der Waals surface area contributed by atoms with Gasteiger partial charge in [0.15, 0.2) is 0 Å². The first-order valence-corrected chi connectivity index (χ1v) is 7.97. The van der Waals surface area contributed by atoms with E-state index in [0.29, 0.717) is 6.42 Å². The molecule has 0 saturated carbocycles. The topological polar surface area (TPSA) is 38.3 Å². The highest BCUT2D eigenvalue weighted by Gasteiger charge is 2.20. The molecule has 0 spiro atoms. The number of ether oxygens (including phenoxy) is 1. The Labute approximate surface area is 133 Å². The van der Waals surface area contributed by atoms with Gasteiger partial charge in [-0.15, -0.1) is 11.3 Å². The van der Waals surface area contributed by atoms with Gasteiger partial charge in [0.25, 0.3) is 0 Å². The van der Waals surface area contributed by atoms with Gasteiger partial charge in [-0.1, -0.05) is 29.8 Å². The predicted molar refractivity (Wildman–Crippen MR) is 86.7 cm³/mol. The van der Waals surface area contributed by atoms with Crippen molar-refractivity contribution in [2.45, 2.75) is 25.4 Å². The van der Waals surface area contributed by atoms with E-state index in [2.05, 4.69) is 12.2 Å². The molecule has 2 unspecified atom stereocenters. The first-order chi connectivity index (χ1) is 10.1. The van der Waals surface area contributed by atoms with Crippen LogP contribution in [0.2, 0.25) is 5.02 Å². The van der Waals surface area contributed by atoms with E-state index < -0.39 is 0 Å². The highest BCUT2D eigenvalue weighted by molar-refractivity contribution is 7.10. The minimum Gasteiger partial charge on any atom is -0.469 e. The third kappa shape index (κ3) is 4.56. The van der Waals surface area contributed by atoms with Crippen molar-refractivity contribution in [2.75, 3.05) is 7.11 Å². The van der Waals surface area contributed by atoms with E-state index in [1.165, 1.54) is 7.11 Å². The lowest BCUT2D eigenvalue weighted by Gasteiger charge is -2.22. The molecule has 21 heavy (non-hydrogen) atoms. The molecule has 1 aromatic carbocycles. The molecule has 5 heteroatoms. The van der Waals surface area contributed by atoms with Gasteiger partial charge < -0.3 is 10.1 Å². The maximum atomic E-state index is 11.6. The van der Waals surface area contributed by atoms with Crippen molar-refractivity contribution in [3.8, 4) is 0 Å². The van der Waals surface area contributed by atoms with Crippen molar-refractivity contribution in [1.82, 2.24) is 5.32 Å². The summed E-state index contributed by atoms with van der Waals surface area (Å²) < 4.78 is 4.79. The minimum atomic E-state index is -0.218. The quantitative estimate of drug-likeness (QED) is 0.803. The van der Waals surface area contributed by atoms with Crippen LogP contribution in [0.25, 0.3) is 0 Å². The van der Waals surface area contributed by atoms with Gasteiger partial charge in [-0.25, -0.2) is 0 Å². The standard InChI is InChI=1S/C16H18ClNO2S/c1-11(12-5-7-13(17)8-6-12)18-14(10-16(19)20-2)15-4-3-9-21-15/h3-9,11,14,18H,10H2,1-2H3. The third-order valence-corrected chi connectivity index (χ3v) is 4.54. The SMILES string of the molecule is COC(=O)CC(NC(C)c1ccc(Cl)cc1)c1cccs1. The van der Waals surface area contributed by atoms with Crippen molar-refractivity contribution in [3.63, 3.8) is 0 Å². The molecule has 0 aliphatic heterocycles. The third-order valence-electron chi connectivity index (χ3n) is 3.31. The van der Waals surface area contributed by atoms with Crippen molar-refractivity contribution in [2.24, 2.45) is 0 Å². The van der Waals surface area contributed by atoms with Gasteiger partial charge in [-0.3, -0.25) is 4.79 Å². The molecule has 2 atom stereocenters. The van der Waals surface area contributed by atoms with Crippen LogP contribution < -0.4 is 5.32 Å². The Kier molecular flexibility index (Phi) is 5.79. The zero-order valence-corrected chi connectivity index (χ0v) is 13.6. The Balaban J connectivity index is 2.10. The van der Waals surface area contributed by atoms with Crippen LogP contribution in [-0.4, -0.2) is 13.1 Å². The smallest absolute Gasteiger partial charge is 0.307 e. The fourth-order valence-corrected chi connectivity index (χ4v) is 3.04. The number of thiophene rings is 1. The zero-order chi connectivity index (χ0) is 15.2. The molecule has 0 radical (unpaired) electrons. The number of carbonyl (C=O) groups excluding carboxylic acids is 1. The molecule has 0 aliphatic rings. The summed E-state index contributed by atoms with van der Waals surface area (Å²) >= 11 is 7.54. The number of hydrogen-bond acceptors (Lipinski definition) is 4. The fraction of sp³-hybridized carbons (Fsp3) is 0.312. The van der Waals surface area contributed by atoms with Crippen LogP contribution in [0.4, 0.5) is 0 Å². The maximum absolute atomic E-state index is 11.6. The van der Waals surface area contributed by atoms with Crippen LogP contribution in [0.15, 0.2) is 41.8 Å². The molecule has 1 aromatic heterocycles. The molecule has 3 nitrogen and oxygen atoms in total. The summed E-state index contributed by atoms with van der Waals surface area (Å²) in [4.78, 5) is 12.7. The second-order valence-corrected chi connectivity index (χ2v) is 6.20. The predicted octanol–water partition coefficient (Wildman–Crippen LogP) is 4.36. The molecule has 0 amide bonds. The number of nitrogens with one attached hydrogen (secondary N) is 1. The average molecular weight is 324 g/mol. The first-order valence-electron chi connectivity index (χ1n) is 6.72. The molecule has 1 heterocycles. The zero-order valence-electron chi connectivity index (χ0n) is 12.0. The van der Waals surface area contributed by atoms with Gasteiger partial charge in [-0.2, -0.15) is 0 Å². The summed E-state index contributed by atoms with van der Waals surface area (Å²) in [5, 5.41) is 6.21. The van der Waals surface area contributed by atoms with Gasteiger partial charge in [0.2, 0.25) is 0 Å². The molecule has 112 valence electrons. The summed E-state index contributed by atoms with van der Waals surface area (Å²) in [6.45, 7) is 2.07. The van der Waals surface area contributed by atoms with Crippen LogP contribution in [0.3, 0.4) is 0 Å². The largest absolute Gasteiger partial charge is 0.469 e. The number of rotatable bonds is 6. The highest BCUT2D eigenvalue weighted by atomic mass is 35.5. The molecule has 0 fully saturated rings. The summed E-state index contributed by atoms with van der Waals surface area (Å²) in [5.74, 6) is -0.218. The lowest BCUT2D eigenvalue weighted by Crippen LogP contribution is -2.26. The van der Waals surface area contributed by atoms with Gasteiger partial charge in [-0.05, 0) is 36.1 Å². The van der Waals surface area contributed by atoms with Crippen molar-refractivity contribution < 1.29 is 9.53 Å².